The van der Waals surface area contributed by atoms with Crippen LogP contribution in [0.2, 0.25) is 0 Å². The first-order chi connectivity index (χ1) is 23.1. The molecule has 49 heavy (non-hydrogen) atoms. The molecule has 0 aliphatic rings. The Labute approximate surface area is 279 Å². The van der Waals surface area contributed by atoms with Gasteiger partial charge >= 0.3 is 12.2 Å². The number of phenols is 2. The van der Waals surface area contributed by atoms with Crippen molar-refractivity contribution in [3.05, 3.63) is 89.5 Å². The number of ether oxygens (including phenoxy) is 1. The van der Waals surface area contributed by atoms with Crippen molar-refractivity contribution < 1.29 is 42.5 Å². The van der Waals surface area contributed by atoms with E-state index in [1.165, 1.54) is 36.4 Å². The average Bonchev–Trinajstić information content (AvgIpc) is 3.06. The van der Waals surface area contributed by atoms with Gasteiger partial charge in [0.15, 0.2) is 6.61 Å². The maximum Gasteiger partial charge on any atom is 0.422 e. The van der Waals surface area contributed by atoms with E-state index in [1.54, 1.807) is 50.2 Å². The van der Waals surface area contributed by atoms with Gasteiger partial charge in [-0.25, -0.2) is 0 Å². The van der Waals surface area contributed by atoms with Crippen LogP contribution in [0, 0.1) is 5.41 Å². The minimum absolute atomic E-state index is 0.0535. The Hall–Kier alpha value is -5.93. The number of aromatic nitrogens is 3. The molecule has 6 N–H and O–H groups in total. The Morgan fingerprint density at radius 2 is 1.33 bits per heavy atom. The highest BCUT2D eigenvalue weighted by Gasteiger charge is 2.29. The van der Waals surface area contributed by atoms with Crippen LogP contribution < -0.4 is 26.0 Å². The fraction of sp³-hybridized carbons (Fsp3) is 0.273. The van der Waals surface area contributed by atoms with Crippen LogP contribution in [-0.4, -0.2) is 68.6 Å². The normalized spacial score (nSPS) is 11.4. The van der Waals surface area contributed by atoms with Crippen molar-refractivity contribution in [3.63, 3.8) is 0 Å². The van der Waals surface area contributed by atoms with Crippen molar-refractivity contribution in [2.45, 2.75) is 33.0 Å². The second-order valence-electron chi connectivity index (χ2n) is 11.7. The van der Waals surface area contributed by atoms with Crippen molar-refractivity contribution in [1.29, 1.82) is 0 Å². The SMILES string of the molecule is CC(C)(CNC(=O)C(=O)Cc1ccc(O)cc1)CNC(=O)c1ccc(Nc2nc(NCc3ccc(O)cc3)nc(OCC(F)(F)F)n2)cc1. The maximum atomic E-state index is 12.8. The highest BCUT2D eigenvalue weighted by molar-refractivity contribution is 6.36. The maximum absolute atomic E-state index is 12.8. The lowest BCUT2D eigenvalue weighted by Crippen LogP contribution is -2.44. The molecule has 0 unspecified atom stereocenters. The first kappa shape index (κ1) is 35.9. The molecular formula is C33H34F3N7O6. The highest BCUT2D eigenvalue weighted by atomic mass is 19.4. The standard InChI is InChI=1S/C33H34F3N7O6/c1-32(2,18-39-28(48)26(46)15-20-3-11-24(44)12-4-20)17-38-27(47)22-7-9-23(10-8-22)40-30-41-29(37-16-21-5-13-25(45)14-6-21)42-31(43-30)49-19-33(34,35)36/h3-14,44-45H,15-19H2,1-2H3,(H,38,47)(H,39,48)(H2,37,40,41,42,43). The van der Waals surface area contributed by atoms with Gasteiger partial charge in [-0.15, -0.1) is 0 Å². The number of carbonyl (C=O) groups is 3. The number of ketones is 1. The minimum Gasteiger partial charge on any atom is -0.508 e. The molecule has 16 heteroatoms. The lowest BCUT2D eigenvalue weighted by Gasteiger charge is -2.25. The quantitative estimate of drug-likeness (QED) is 0.0985. The molecule has 0 atom stereocenters. The van der Waals surface area contributed by atoms with E-state index in [4.69, 9.17) is 4.74 Å². The summed E-state index contributed by atoms with van der Waals surface area (Å²) in [6, 6.07) is 17.8. The minimum atomic E-state index is -4.62. The van der Waals surface area contributed by atoms with Gasteiger partial charge in [0.1, 0.15) is 11.5 Å². The van der Waals surface area contributed by atoms with Crippen molar-refractivity contribution in [2.75, 3.05) is 30.3 Å². The van der Waals surface area contributed by atoms with E-state index in [0.29, 0.717) is 16.8 Å². The smallest absolute Gasteiger partial charge is 0.422 e. The molecule has 0 spiro atoms. The van der Waals surface area contributed by atoms with Gasteiger partial charge in [-0.05, 0) is 65.1 Å². The number of carbonyl (C=O) groups excluding carboxylic acids is 3. The number of alkyl halides is 3. The van der Waals surface area contributed by atoms with Gasteiger partial charge in [-0.1, -0.05) is 38.1 Å². The average molecular weight is 682 g/mol. The summed E-state index contributed by atoms with van der Waals surface area (Å²) in [4.78, 5) is 49.4. The molecule has 3 aromatic carbocycles. The molecule has 4 aromatic rings. The third kappa shape index (κ3) is 12.0. The monoisotopic (exact) mass is 681 g/mol. The molecule has 0 fully saturated rings. The third-order valence-electron chi connectivity index (χ3n) is 6.78. The number of nitrogens with one attached hydrogen (secondary N) is 4. The number of hydrogen-bond acceptors (Lipinski definition) is 11. The van der Waals surface area contributed by atoms with Gasteiger partial charge in [0.2, 0.25) is 17.7 Å². The molecule has 1 aromatic heterocycles. The van der Waals surface area contributed by atoms with Gasteiger partial charge in [0.25, 0.3) is 11.8 Å². The summed E-state index contributed by atoms with van der Waals surface area (Å²) in [6.45, 7) is 2.47. The highest BCUT2D eigenvalue weighted by Crippen LogP contribution is 2.21. The van der Waals surface area contributed by atoms with E-state index >= 15 is 0 Å². The number of anilines is 3. The zero-order valence-electron chi connectivity index (χ0n) is 26.5. The number of phenolic OH excluding ortho intramolecular Hbond substituents is 2. The topological polar surface area (TPSA) is 188 Å². The lowest BCUT2D eigenvalue weighted by atomic mass is 9.93. The van der Waals surface area contributed by atoms with Crippen LogP contribution in [-0.2, 0) is 22.6 Å². The molecule has 0 saturated carbocycles. The largest absolute Gasteiger partial charge is 0.508 e. The zero-order valence-corrected chi connectivity index (χ0v) is 26.5. The van der Waals surface area contributed by atoms with Crippen molar-refractivity contribution in [1.82, 2.24) is 25.6 Å². The molecule has 0 saturated heterocycles. The van der Waals surface area contributed by atoms with Gasteiger partial charge in [0, 0.05) is 37.3 Å². The predicted molar refractivity (Wildman–Crippen MR) is 172 cm³/mol. The number of halogens is 3. The number of Topliss-reactive ketones (excluding diaryl/α,β-unsaturated/α-hetero) is 1. The summed E-state index contributed by atoms with van der Waals surface area (Å²) < 4.78 is 43.1. The van der Waals surface area contributed by atoms with Crippen LogP contribution in [0.3, 0.4) is 0 Å². The molecule has 4 rings (SSSR count). The van der Waals surface area contributed by atoms with E-state index in [2.05, 4.69) is 36.2 Å². The van der Waals surface area contributed by atoms with E-state index in [-0.39, 0.29) is 49.5 Å². The first-order valence-electron chi connectivity index (χ1n) is 14.9. The zero-order chi connectivity index (χ0) is 35.6. The Balaban J connectivity index is 1.31. The lowest BCUT2D eigenvalue weighted by molar-refractivity contribution is -0.154. The van der Waals surface area contributed by atoms with Crippen molar-refractivity contribution in [3.8, 4) is 17.5 Å². The predicted octanol–water partition coefficient (Wildman–Crippen LogP) is 4.26. The van der Waals surface area contributed by atoms with E-state index in [1.807, 2.05) is 0 Å². The number of nitrogens with zero attached hydrogens (tertiary/aromatic N) is 3. The number of rotatable bonds is 15. The third-order valence-corrected chi connectivity index (χ3v) is 6.78. The van der Waals surface area contributed by atoms with Crippen LogP contribution in [0.15, 0.2) is 72.8 Å². The van der Waals surface area contributed by atoms with Gasteiger partial charge < -0.3 is 36.2 Å². The Morgan fingerprint density at radius 1 is 0.755 bits per heavy atom. The first-order valence-corrected chi connectivity index (χ1v) is 14.9. The molecular weight excluding hydrogens is 647 g/mol. The van der Waals surface area contributed by atoms with Gasteiger partial charge in [-0.3, -0.25) is 14.4 Å². The Bertz CT molecular complexity index is 1750. The summed E-state index contributed by atoms with van der Waals surface area (Å²) in [5, 5.41) is 30.0. The molecule has 0 aliphatic heterocycles. The molecule has 1 heterocycles. The number of amides is 2. The van der Waals surface area contributed by atoms with Crippen LogP contribution in [0.25, 0.3) is 0 Å². The molecule has 13 nitrogen and oxygen atoms in total. The Kier molecular flexibility index (Phi) is 11.6. The second-order valence-corrected chi connectivity index (χ2v) is 11.7. The molecule has 0 bridgehead atoms. The molecule has 258 valence electrons. The van der Waals surface area contributed by atoms with Crippen LogP contribution in [0.5, 0.6) is 17.5 Å². The van der Waals surface area contributed by atoms with E-state index < -0.39 is 41.8 Å². The summed E-state index contributed by atoms with van der Waals surface area (Å²) in [6.07, 6.45) is -4.73. The van der Waals surface area contributed by atoms with E-state index in [9.17, 15) is 37.8 Å². The van der Waals surface area contributed by atoms with Crippen LogP contribution in [0.4, 0.5) is 30.8 Å². The Morgan fingerprint density at radius 3 is 1.94 bits per heavy atom. The van der Waals surface area contributed by atoms with Crippen molar-refractivity contribution in [2.24, 2.45) is 5.41 Å². The summed E-state index contributed by atoms with van der Waals surface area (Å²) in [5.41, 5.74) is 1.43. The number of hydrogen-bond donors (Lipinski definition) is 6. The van der Waals surface area contributed by atoms with Crippen LogP contribution >= 0.6 is 0 Å². The molecule has 2 amide bonds. The molecule has 0 aliphatic carbocycles. The van der Waals surface area contributed by atoms with Gasteiger partial charge in [0.05, 0.1) is 0 Å². The van der Waals surface area contributed by atoms with E-state index in [0.717, 1.165) is 5.56 Å². The number of benzene rings is 3. The fourth-order valence-electron chi connectivity index (χ4n) is 4.11. The second kappa shape index (κ2) is 15.8. The summed E-state index contributed by atoms with van der Waals surface area (Å²) in [5.74, 6) is -1.86. The van der Waals surface area contributed by atoms with Crippen molar-refractivity contribution >= 4 is 35.2 Å². The summed E-state index contributed by atoms with van der Waals surface area (Å²) in [7, 11) is 0. The number of aromatic hydroxyl groups is 2. The molecule has 0 radical (unpaired) electrons. The fourth-order valence-corrected chi connectivity index (χ4v) is 4.11. The van der Waals surface area contributed by atoms with Gasteiger partial charge in [-0.2, -0.15) is 28.1 Å². The summed E-state index contributed by atoms with van der Waals surface area (Å²) >= 11 is 0. The van der Waals surface area contributed by atoms with Crippen LogP contribution in [0.1, 0.15) is 35.3 Å².